The van der Waals surface area contributed by atoms with Gasteiger partial charge in [-0.05, 0) is 49.1 Å². The standard InChI is InChI=1S/C26H30N2O4S/c1-6-7-8-10-18-22(23-19(31-4)11-9-12-20(23)32-5)24(29)25(26(30)28-18)33-21-14-13-17(15-27-21)16(2)3/h9,11-15H,2,6-8,10H2,1,3-5H3,(H2,28,29,30). The van der Waals surface area contributed by atoms with Crippen LogP contribution in [-0.2, 0) is 6.42 Å². The Morgan fingerprint density at radius 2 is 1.82 bits per heavy atom. The van der Waals surface area contributed by atoms with Gasteiger partial charge in [-0.1, -0.05) is 50.2 Å². The Balaban J connectivity index is 2.18. The summed E-state index contributed by atoms with van der Waals surface area (Å²) in [6, 6.07) is 9.15. The molecule has 0 saturated heterocycles. The smallest absolute Gasteiger partial charge is 0.266 e. The molecule has 7 heteroatoms. The van der Waals surface area contributed by atoms with Crippen LogP contribution >= 0.6 is 11.8 Å². The Labute approximate surface area is 198 Å². The number of pyridine rings is 2. The molecule has 2 aromatic heterocycles. The van der Waals surface area contributed by atoms with Crippen molar-refractivity contribution in [2.75, 3.05) is 14.2 Å². The zero-order valence-corrected chi connectivity index (χ0v) is 20.3. The van der Waals surface area contributed by atoms with Crippen molar-refractivity contribution in [3.63, 3.8) is 0 Å². The summed E-state index contributed by atoms with van der Waals surface area (Å²) >= 11 is 1.12. The largest absolute Gasteiger partial charge is 0.506 e. The van der Waals surface area contributed by atoms with Gasteiger partial charge in [0.1, 0.15) is 27.2 Å². The third-order valence-electron chi connectivity index (χ3n) is 5.37. The Bertz CT molecular complexity index is 1160. The van der Waals surface area contributed by atoms with Crippen molar-refractivity contribution in [3.8, 4) is 28.4 Å². The third-order valence-corrected chi connectivity index (χ3v) is 6.40. The van der Waals surface area contributed by atoms with Crippen LogP contribution < -0.4 is 15.0 Å². The minimum absolute atomic E-state index is 0.108. The van der Waals surface area contributed by atoms with Gasteiger partial charge in [0.05, 0.1) is 25.3 Å². The molecule has 0 saturated carbocycles. The molecule has 0 spiro atoms. The summed E-state index contributed by atoms with van der Waals surface area (Å²) in [4.78, 5) is 20.6. The second-order valence-corrected chi connectivity index (χ2v) is 8.78. The molecule has 6 nitrogen and oxygen atoms in total. The van der Waals surface area contributed by atoms with Crippen molar-refractivity contribution in [1.82, 2.24) is 9.97 Å². The summed E-state index contributed by atoms with van der Waals surface area (Å²) in [5.41, 5.74) is 3.25. The van der Waals surface area contributed by atoms with Gasteiger partial charge in [0.2, 0.25) is 0 Å². The summed E-state index contributed by atoms with van der Waals surface area (Å²) in [7, 11) is 3.14. The van der Waals surface area contributed by atoms with E-state index in [1.54, 1.807) is 20.4 Å². The molecule has 3 aromatic rings. The number of hydrogen-bond acceptors (Lipinski definition) is 6. The number of nitrogens with zero attached hydrogens (tertiary/aromatic N) is 1. The highest BCUT2D eigenvalue weighted by atomic mass is 32.2. The molecule has 0 unspecified atom stereocenters. The summed E-state index contributed by atoms with van der Waals surface area (Å²) < 4.78 is 11.2. The molecule has 1 aromatic carbocycles. The summed E-state index contributed by atoms with van der Waals surface area (Å²) in [5, 5.41) is 12.0. The topological polar surface area (TPSA) is 84.4 Å². The molecule has 0 atom stereocenters. The lowest BCUT2D eigenvalue weighted by molar-refractivity contribution is 0.396. The second kappa shape index (κ2) is 11.1. The van der Waals surface area contributed by atoms with Crippen LogP contribution in [0.5, 0.6) is 17.2 Å². The van der Waals surface area contributed by atoms with E-state index in [9.17, 15) is 9.90 Å². The lowest BCUT2D eigenvalue weighted by Crippen LogP contribution is -2.14. The molecular formula is C26H30N2O4S. The number of unbranched alkanes of at least 4 members (excludes halogenated alkanes) is 2. The maximum absolute atomic E-state index is 13.0. The van der Waals surface area contributed by atoms with Gasteiger partial charge in [0.25, 0.3) is 5.56 Å². The van der Waals surface area contributed by atoms with E-state index in [1.807, 2.05) is 37.3 Å². The summed E-state index contributed by atoms with van der Waals surface area (Å²) in [6.07, 6.45) is 5.26. The third kappa shape index (κ3) is 5.42. The molecule has 3 rings (SSSR count). The van der Waals surface area contributed by atoms with Crippen molar-refractivity contribution in [2.24, 2.45) is 0 Å². The van der Waals surface area contributed by atoms with Crippen molar-refractivity contribution < 1.29 is 14.6 Å². The number of aromatic hydroxyl groups is 1. The maximum atomic E-state index is 13.0. The SMILES string of the molecule is C=C(C)c1ccc(Sc2c(O)c(-c3c(OC)cccc3OC)c(CCCCC)[nH]c2=O)nc1. The van der Waals surface area contributed by atoms with Crippen LogP contribution in [0.2, 0.25) is 0 Å². The van der Waals surface area contributed by atoms with Crippen molar-refractivity contribution >= 4 is 17.3 Å². The molecule has 2 heterocycles. The lowest BCUT2D eigenvalue weighted by atomic mass is 9.97. The number of benzene rings is 1. The molecule has 174 valence electrons. The second-order valence-electron chi connectivity index (χ2n) is 7.75. The molecule has 0 aliphatic carbocycles. The van der Waals surface area contributed by atoms with Crippen LogP contribution in [0.15, 0.2) is 57.8 Å². The predicted octanol–water partition coefficient (Wildman–Crippen LogP) is 6.08. The zero-order chi connectivity index (χ0) is 24.0. The fourth-order valence-corrected chi connectivity index (χ4v) is 4.41. The normalized spacial score (nSPS) is 10.8. The predicted molar refractivity (Wildman–Crippen MR) is 134 cm³/mol. The van der Waals surface area contributed by atoms with Gasteiger partial charge in [-0.3, -0.25) is 4.79 Å². The van der Waals surface area contributed by atoms with Gasteiger partial charge in [0, 0.05) is 11.9 Å². The minimum atomic E-state index is -0.354. The van der Waals surface area contributed by atoms with Crippen LogP contribution in [0.3, 0.4) is 0 Å². The quantitative estimate of drug-likeness (QED) is 0.353. The first-order chi connectivity index (χ1) is 15.9. The summed E-state index contributed by atoms with van der Waals surface area (Å²) in [5.74, 6) is 0.991. The van der Waals surface area contributed by atoms with Crippen LogP contribution in [0.1, 0.15) is 44.4 Å². The molecule has 0 aliphatic heterocycles. The maximum Gasteiger partial charge on any atom is 0.266 e. The first-order valence-electron chi connectivity index (χ1n) is 10.9. The van der Waals surface area contributed by atoms with Crippen molar-refractivity contribution in [2.45, 2.75) is 49.5 Å². The van der Waals surface area contributed by atoms with Crippen molar-refractivity contribution in [1.29, 1.82) is 0 Å². The van der Waals surface area contributed by atoms with Crippen LogP contribution in [0.25, 0.3) is 16.7 Å². The highest BCUT2D eigenvalue weighted by Crippen LogP contribution is 2.47. The van der Waals surface area contributed by atoms with Gasteiger partial charge in [-0.15, -0.1) is 0 Å². The number of aryl methyl sites for hydroxylation is 1. The molecule has 33 heavy (non-hydrogen) atoms. The van der Waals surface area contributed by atoms with E-state index in [0.29, 0.717) is 39.8 Å². The van der Waals surface area contributed by atoms with Gasteiger partial charge in [-0.25, -0.2) is 4.98 Å². The lowest BCUT2D eigenvalue weighted by Gasteiger charge is -2.19. The monoisotopic (exact) mass is 466 g/mol. The van der Waals surface area contributed by atoms with Gasteiger partial charge in [-0.2, -0.15) is 0 Å². The molecule has 0 aliphatic rings. The van der Waals surface area contributed by atoms with E-state index in [1.165, 1.54) is 0 Å². The Hall–Kier alpha value is -3.19. The van der Waals surface area contributed by atoms with Gasteiger partial charge < -0.3 is 19.6 Å². The highest BCUT2D eigenvalue weighted by Gasteiger charge is 2.25. The molecule has 0 fully saturated rings. The Morgan fingerprint density at radius 3 is 2.36 bits per heavy atom. The van der Waals surface area contributed by atoms with Gasteiger partial charge in [0.15, 0.2) is 0 Å². The number of ether oxygens (including phenoxy) is 2. The number of nitrogens with one attached hydrogen (secondary N) is 1. The first kappa shape index (κ1) is 24.5. The van der Waals surface area contributed by atoms with E-state index in [2.05, 4.69) is 23.5 Å². The van der Waals surface area contributed by atoms with Crippen LogP contribution in [0.4, 0.5) is 0 Å². The molecule has 2 N–H and O–H groups in total. The number of hydrogen-bond donors (Lipinski definition) is 2. The van der Waals surface area contributed by atoms with Gasteiger partial charge >= 0.3 is 0 Å². The zero-order valence-electron chi connectivity index (χ0n) is 19.5. The van der Waals surface area contributed by atoms with Crippen molar-refractivity contribution in [3.05, 3.63) is 64.7 Å². The first-order valence-corrected chi connectivity index (χ1v) is 11.7. The number of rotatable bonds is 10. The highest BCUT2D eigenvalue weighted by molar-refractivity contribution is 7.99. The number of methoxy groups -OCH3 is 2. The molecular weight excluding hydrogens is 436 g/mol. The summed E-state index contributed by atoms with van der Waals surface area (Å²) in [6.45, 7) is 7.95. The fraction of sp³-hybridized carbons (Fsp3) is 0.308. The fourth-order valence-electron chi connectivity index (χ4n) is 3.62. The number of aromatic amines is 1. The van der Waals surface area contributed by atoms with E-state index >= 15 is 0 Å². The number of H-pyrrole nitrogens is 1. The Kier molecular flexibility index (Phi) is 8.22. The van der Waals surface area contributed by atoms with E-state index in [0.717, 1.165) is 42.2 Å². The Morgan fingerprint density at radius 1 is 1.12 bits per heavy atom. The molecule has 0 radical (unpaired) electrons. The number of aromatic nitrogens is 2. The van der Waals surface area contributed by atoms with Crippen LogP contribution in [-0.4, -0.2) is 29.3 Å². The van der Waals surface area contributed by atoms with E-state index in [-0.39, 0.29) is 16.2 Å². The number of allylic oxidation sites excluding steroid dienone is 1. The molecule has 0 amide bonds. The van der Waals surface area contributed by atoms with E-state index in [4.69, 9.17) is 9.47 Å². The average Bonchev–Trinajstić information content (AvgIpc) is 2.82. The van der Waals surface area contributed by atoms with Crippen LogP contribution in [0, 0.1) is 0 Å². The average molecular weight is 467 g/mol. The molecule has 0 bridgehead atoms. The minimum Gasteiger partial charge on any atom is -0.506 e. The van der Waals surface area contributed by atoms with E-state index < -0.39 is 0 Å².